The van der Waals surface area contributed by atoms with E-state index in [1.807, 2.05) is 37.3 Å². The molecule has 2 aromatic rings. The number of hydrogen-bond donors (Lipinski definition) is 1. The molecule has 7 nitrogen and oxygen atoms in total. The van der Waals surface area contributed by atoms with Gasteiger partial charge in [0.2, 0.25) is 5.91 Å². The molecule has 1 atom stereocenters. The van der Waals surface area contributed by atoms with Crippen LogP contribution in [0.1, 0.15) is 43.2 Å². The number of aromatic nitrogens is 2. The van der Waals surface area contributed by atoms with E-state index in [2.05, 4.69) is 40.3 Å². The standard InChI is InChI=1S/C21H31N5O2/c1-15(2)18-11-17(28-24-18)12-21(20(27)22-3)8-10-26(14-21)13-16-7-6-9-23-19(16)25(4)5/h6-7,9,11,15H,8,10,12-14H2,1-5H3,(H,22,27). The fourth-order valence-corrected chi connectivity index (χ4v) is 3.98. The van der Waals surface area contributed by atoms with Gasteiger partial charge in [0, 0.05) is 58.5 Å². The monoisotopic (exact) mass is 385 g/mol. The lowest BCUT2D eigenvalue weighted by atomic mass is 9.81. The Hall–Kier alpha value is -2.41. The second-order valence-corrected chi connectivity index (χ2v) is 8.25. The van der Waals surface area contributed by atoms with E-state index in [1.165, 1.54) is 5.56 Å². The molecule has 1 aliphatic heterocycles. The van der Waals surface area contributed by atoms with Crippen molar-refractivity contribution in [2.75, 3.05) is 39.1 Å². The number of carbonyl (C=O) groups is 1. The molecule has 2 aromatic heterocycles. The average molecular weight is 386 g/mol. The third kappa shape index (κ3) is 4.19. The first kappa shape index (κ1) is 20.3. The molecular formula is C21H31N5O2. The van der Waals surface area contributed by atoms with Crippen molar-refractivity contribution in [2.45, 2.75) is 39.2 Å². The molecule has 1 amide bonds. The van der Waals surface area contributed by atoms with Gasteiger partial charge < -0.3 is 14.7 Å². The molecule has 1 aliphatic rings. The molecule has 7 heteroatoms. The first-order valence-electron chi connectivity index (χ1n) is 9.86. The summed E-state index contributed by atoms with van der Waals surface area (Å²) in [5.41, 5.74) is 1.60. The molecule has 28 heavy (non-hydrogen) atoms. The number of anilines is 1. The van der Waals surface area contributed by atoms with Crippen LogP contribution in [0.4, 0.5) is 5.82 Å². The number of carbonyl (C=O) groups excluding carboxylic acids is 1. The van der Waals surface area contributed by atoms with Crippen LogP contribution >= 0.6 is 0 Å². The number of pyridine rings is 1. The number of hydrogen-bond acceptors (Lipinski definition) is 6. The van der Waals surface area contributed by atoms with Crippen LogP contribution < -0.4 is 10.2 Å². The highest BCUT2D eigenvalue weighted by atomic mass is 16.5. The van der Waals surface area contributed by atoms with E-state index in [4.69, 9.17) is 4.52 Å². The molecule has 0 saturated carbocycles. The molecule has 1 saturated heterocycles. The largest absolute Gasteiger partial charge is 0.362 e. The lowest BCUT2D eigenvalue weighted by Crippen LogP contribution is -2.43. The Balaban J connectivity index is 1.78. The summed E-state index contributed by atoms with van der Waals surface area (Å²) in [6.07, 6.45) is 3.17. The third-order valence-electron chi connectivity index (χ3n) is 5.51. The Morgan fingerprint density at radius 2 is 2.21 bits per heavy atom. The summed E-state index contributed by atoms with van der Waals surface area (Å²) in [7, 11) is 5.71. The Labute approximate surface area is 167 Å². The van der Waals surface area contributed by atoms with Crippen molar-refractivity contribution in [3.05, 3.63) is 41.4 Å². The highest BCUT2D eigenvalue weighted by molar-refractivity contribution is 5.83. The van der Waals surface area contributed by atoms with Gasteiger partial charge in [-0.2, -0.15) is 0 Å². The van der Waals surface area contributed by atoms with E-state index in [0.29, 0.717) is 18.9 Å². The lowest BCUT2D eigenvalue weighted by molar-refractivity contribution is -0.130. The smallest absolute Gasteiger partial charge is 0.227 e. The van der Waals surface area contributed by atoms with Crippen LogP contribution in [-0.4, -0.2) is 55.2 Å². The molecule has 0 radical (unpaired) electrons. The summed E-state index contributed by atoms with van der Waals surface area (Å²) < 4.78 is 5.55. The van der Waals surface area contributed by atoms with Crippen LogP contribution in [0.15, 0.2) is 28.9 Å². The maximum Gasteiger partial charge on any atom is 0.227 e. The van der Waals surface area contributed by atoms with Crippen LogP contribution in [0.25, 0.3) is 0 Å². The number of nitrogens with zero attached hydrogens (tertiary/aromatic N) is 4. The van der Waals surface area contributed by atoms with Crippen molar-refractivity contribution < 1.29 is 9.32 Å². The zero-order chi connectivity index (χ0) is 20.3. The van der Waals surface area contributed by atoms with Crippen molar-refractivity contribution in [3.8, 4) is 0 Å². The number of likely N-dealkylation sites (tertiary alicyclic amines) is 1. The number of nitrogens with one attached hydrogen (secondary N) is 1. The van der Waals surface area contributed by atoms with Gasteiger partial charge in [-0.25, -0.2) is 4.98 Å². The van der Waals surface area contributed by atoms with Crippen molar-refractivity contribution in [2.24, 2.45) is 5.41 Å². The minimum Gasteiger partial charge on any atom is -0.362 e. The van der Waals surface area contributed by atoms with Crippen molar-refractivity contribution in [1.29, 1.82) is 0 Å². The van der Waals surface area contributed by atoms with Gasteiger partial charge in [0.25, 0.3) is 0 Å². The van der Waals surface area contributed by atoms with Crippen molar-refractivity contribution in [1.82, 2.24) is 20.4 Å². The van der Waals surface area contributed by atoms with E-state index in [0.717, 1.165) is 36.8 Å². The maximum atomic E-state index is 12.8. The maximum absolute atomic E-state index is 12.8. The lowest BCUT2D eigenvalue weighted by Gasteiger charge is -2.27. The normalized spacial score (nSPS) is 19.9. The predicted octanol–water partition coefficient (Wildman–Crippen LogP) is 2.44. The Bertz CT molecular complexity index is 817. The summed E-state index contributed by atoms with van der Waals surface area (Å²) in [6, 6.07) is 6.06. The zero-order valence-electron chi connectivity index (χ0n) is 17.5. The van der Waals surface area contributed by atoms with Gasteiger partial charge in [-0.05, 0) is 24.9 Å². The minimum absolute atomic E-state index is 0.0662. The number of rotatable bonds is 7. The van der Waals surface area contributed by atoms with Crippen LogP contribution in [0.3, 0.4) is 0 Å². The molecule has 1 N–H and O–H groups in total. The highest BCUT2D eigenvalue weighted by Crippen LogP contribution is 2.36. The van der Waals surface area contributed by atoms with E-state index < -0.39 is 5.41 Å². The van der Waals surface area contributed by atoms with Gasteiger partial charge in [-0.1, -0.05) is 25.1 Å². The SMILES string of the molecule is CNC(=O)C1(Cc2cc(C(C)C)no2)CCN(Cc2cccnc2N(C)C)C1. The zero-order valence-corrected chi connectivity index (χ0v) is 17.5. The molecule has 0 aromatic carbocycles. The molecule has 1 unspecified atom stereocenters. The Morgan fingerprint density at radius 1 is 1.43 bits per heavy atom. The van der Waals surface area contributed by atoms with Crippen LogP contribution in [0.2, 0.25) is 0 Å². The van der Waals surface area contributed by atoms with E-state index in [1.54, 1.807) is 7.05 Å². The fourth-order valence-electron chi connectivity index (χ4n) is 3.98. The summed E-state index contributed by atoms with van der Waals surface area (Å²) >= 11 is 0. The third-order valence-corrected chi connectivity index (χ3v) is 5.51. The minimum atomic E-state index is -0.497. The van der Waals surface area contributed by atoms with Crippen LogP contribution in [0.5, 0.6) is 0 Å². The molecule has 0 spiro atoms. The predicted molar refractivity (Wildman–Crippen MR) is 109 cm³/mol. The first-order valence-corrected chi connectivity index (χ1v) is 9.86. The highest BCUT2D eigenvalue weighted by Gasteiger charge is 2.45. The Kier molecular flexibility index (Phi) is 6.03. The topological polar surface area (TPSA) is 74.5 Å². The van der Waals surface area contributed by atoms with Crippen molar-refractivity contribution in [3.63, 3.8) is 0 Å². The summed E-state index contributed by atoms with van der Waals surface area (Å²) in [5.74, 6) is 2.13. The van der Waals surface area contributed by atoms with E-state index in [-0.39, 0.29) is 5.91 Å². The van der Waals surface area contributed by atoms with Gasteiger partial charge in [-0.3, -0.25) is 9.69 Å². The summed E-state index contributed by atoms with van der Waals surface area (Å²) in [6.45, 7) is 6.49. The second kappa shape index (κ2) is 8.31. The van der Waals surface area contributed by atoms with Crippen molar-refractivity contribution >= 4 is 11.7 Å². The van der Waals surface area contributed by atoms with E-state index in [9.17, 15) is 4.79 Å². The Morgan fingerprint density at radius 3 is 2.86 bits per heavy atom. The van der Waals surface area contributed by atoms with Crippen LogP contribution in [0, 0.1) is 5.41 Å². The first-order chi connectivity index (χ1) is 13.3. The van der Waals surface area contributed by atoms with Gasteiger partial charge in [0.15, 0.2) is 0 Å². The molecule has 152 valence electrons. The van der Waals surface area contributed by atoms with Gasteiger partial charge in [0.05, 0.1) is 11.1 Å². The van der Waals surface area contributed by atoms with Gasteiger partial charge >= 0.3 is 0 Å². The quantitative estimate of drug-likeness (QED) is 0.789. The molecule has 0 aliphatic carbocycles. The van der Waals surface area contributed by atoms with Gasteiger partial charge in [-0.15, -0.1) is 0 Å². The van der Waals surface area contributed by atoms with Gasteiger partial charge in [0.1, 0.15) is 11.6 Å². The molecular weight excluding hydrogens is 354 g/mol. The van der Waals surface area contributed by atoms with E-state index >= 15 is 0 Å². The average Bonchev–Trinajstić information content (AvgIpc) is 3.29. The molecule has 1 fully saturated rings. The van der Waals surface area contributed by atoms with Crippen LogP contribution in [-0.2, 0) is 17.8 Å². The molecule has 3 heterocycles. The molecule has 0 bridgehead atoms. The summed E-state index contributed by atoms with van der Waals surface area (Å²) in [4.78, 5) is 21.7. The fraction of sp³-hybridized carbons (Fsp3) is 0.571. The summed E-state index contributed by atoms with van der Waals surface area (Å²) in [5, 5.41) is 7.02. The molecule has 3 rings (SSSR count). The number of amides is 1. The second-order valence-electron chi connectivity index (χ2n) is 8.25.